The Kier molecular flexibility index (Phi) is 7.77. The van der Waals surface area contributed by atoms with Gasteiger partial charge in [0.1, 0.15) is 23.0 Å². The predicted molar refractivity (Wildman–Crippen MR) is 124 cm³/mol. The van der Waals surface area contributed by atoms with Crippen LogP contribution >= 0.6 is 22.6 Å². The van der Waals surface area contributed by atoms with E-state index in [1.165, 1.54) is 18.2 Å². The normalized spacial score (nSPS) is 11.1. The van der Waals surface area contributed by atoms with Gasteiger partial charge in [-0.15, -0.1) is 0 Å². The van der Waals surface area contributed by atoms with Gasteiger partial charge in [-0.3, -0.25) is 4.79 Å². The maximum Gasteiger partial charge on any atom is 0.352 e. The lowest BCUT2D eigenvalue weighted by Gasteiger charge is -2.09. The van der Waals surface area contributed by atoms with Crippen molar-refractivity contribution in [1.82, 2.24) is 5.32 Å². The second-order valence-corrected chi connectivity index (χ2v) is 7.80. The fourth-order valence-electron chi connectivity index (χ4n) is 2.73. The van der Waals surface area contributed by atoms with Crippen molar-refractivity contribution in [1.29, 1.82) is 0 Å². The molecule has 2 N–H and O–H groups in total. The van der Waals surface area contributed by atoms with Crippen molar-refractivity contribution in [3.63, 3.8) is 0 Å². The molecular formula is C24H19FINO4. The van der Waals surface area contributed by atoms with Crippen molar-refractivity contribution in [2.45, 2.75) is 12.8 Å². The molecule has 31 heavy (non-hydrogen) atoms. The van der Waals surface area contributed by atoms with E-state index in [0.717, 1.165) is 14.9 Å². The molecule has 0 aromatic heterocycles. The molecule has 7 heteroatoms. The molecule has 0 aliphatic rings. The van der Waals surface area contributed by atoms with Crippen LogP contribution in [0.2, 0.25) is 0 Å². The highest BCUT2D eigenvalue weighted by Gasteiger charge is 2.12. The van der Waals surface area contributed by atoms with E-state index in [2.05, 4.69) is 27.9 Å². The Bertz CT molecular complexity index is 1100. The quantitative estimate of drug-likeness (QED) is 0.302. The Labute approximate surface area is 192 Å². The lowest BCUT2D eigenvalue weighted by molar-refractivity contribution is -0.134. The third-order valence-electron chi connectivity index (χ3n) is 4.31. The van der Waals surface area contributed by atoms with Gasteiger partial charge in [0.05, 0.1) is 3.57 Å². The minimum atomic E-state index is -1.24. The topological polar surface area (TPSA) is 75.6 Å². The molecule has 0 fully saturated rings. The standard InChI is InChI=1S/C24H19FINO4/c25-18-10-5-16(6-11-18)9-14-23(28)27-21(24(29)30)15-17-7-12-19(13-8-17)31-22-4-2-1-3-20(22)26/h1-8,10-13,15H,9,14H2,(H,27,28)(H,29,30)/b21-15+. The number of carbonyl (C=O) groups is 2. The van der Waals surface area contributed by atoms with Gasteiger partial charge < -0.3 is 15.2 Å². The Hall–Kier alpha value is -3.20. The van der Waals surface area contributed by atoms with E-state index in [1.807, 2.05) is 24.3 Å². The zero-order valence-corrected chi connectivity index (χ0v) is 18.5. The van der Waals surface area contributed by atoms with Crippen LogP contribution in [0.1, 0.15) is 17.5 Å². The first kappa shape index (κ1) is 22.5. The molecule has 3 aromatic rings. The second-order valence-electron chi connectivity index (χ2n) is 6.64. The number of carbonyl (C=O) groups excluding carboxylic acids is 1. The summed E-state index contributed by atoms with van der Waals surface area (Å²) < 4.78 is 19.7. The van der Waals surface area contributed by atoms with Gasteiger partial charge >= 0.3 is 5.97 Å². The Balaban J connectivity index is 1.63. The summed E-state index contributed by atoms with van der Waals surface area (Å²) in [6.45, 7) is 0. The van der Waals surface area contributed by atoms with Gasteiger partial charge in [0.25, 0.3) is 0 Å². The molecule has 0 atom stereocenters. The zero-order valence-electron chi connectivity index (χ0n) is 16.3. The Morgan fingerprint density at radius 2 is 1.68 bits per heavy atom. The molecule has 0 aliphatic heterocycles. The van der Waals surface area contributed by atoms with Gasteiger partial charge in [-0.05, 0) is 82.6 Å². The molecule has 0 saturated heterocycles. The van der Waals surface area contributed by atoms with E-state index in [9.17, 15) is 19.1 Å². The lowest BCUT2D eigenvalue weighted by atomic mass is 10.1. The third-order valence-corrected chi connectivity index (χ3v) is 5.21. The Morgan fingerprint density at radius 1 is 1.00 bits per heavy atom. The minimum Gasteiger partial charge on any atom is -0.477 e. The highest BCUT2D eigenvalue weighted by atomic mass is 127. The summed E-state index contributed by atoms with van der Waals surface area (Å²) in [4.78, 5) is 23.7. The average Bonchev–Trinajstić information content (AvgIpc) is 2.75. The van der Waals surface area contributed by atoms with E-state index in [-0.39, 0.29) is 17.9 Å². The highest BCUT2D eigenvalue weighted by molar-refractivity contribution is 14.1. The van der Waals surface area contributed by atoms with Crippen LogP contribution < -0.4 is 10.1 Å². The SMILES string of the molecule is O=C(CCc1ccc(F)cc1)N/C(=C/c1ccc(Oc2ccccc2I)cc1)C(=O)O. The number of nitrogens with one attached hydrogen (secondary N) is 1. The first-order chi connectivity index (χ1) is 14.9. The van der Waals surface area contributed by atoms with Crippen LogP contribution in [0.3, 0.4) is 0 Å². The largest absolute Gasteiger partial charge is 0.477 e. The summed E-state index contributed by atoms with van der Waals surface area (Å²) in [7, 11) is 0. The van der Waals surface area contributed by atoms with Crippen molar-refractivity contribution >= 4 is 40.5 Å². The number of carboxylic acid groups (broad SMARTS) is 1. The molecule has 0 unspecified atom stereocenters. The van der Waals surface area contributed by atoms with Gasteiger partial charge in [0.2, 0.25) is 5.91 Å². The summed E-state index contributed by atoms with van der Waals surface area (Å²) >= 11 is 2.18. The third kappa shape index (κ3) is 6.92. The van der Waals surface area contributed by atoms with E-state index in [0.29, 0.717) is 17.7 Å². The molecule has 0 radical (unpaired) electrons. The van der Waals surface area contributed by atoms with E-state index < -0.39 is 11.9 Å². The Morgan fingerprint density at radius 3 is 2.32 bits per heavy atom. The van der Waals surface area contributed by atoms with Gasteiger partial charge in [-0.25, -0.2) is 9.18 Å². The van der Waals surface area contributed by atoms with Crippen LogP contribution in [0.5, 0.6) is 11.5 Å². The van der Waals surface area contributed by atoms with Crippen LogP contribution in [0.25, 0.3) is 6.08 Å². The molecular weight excluding hydrogens is 512 g/mol. The number of hydrogen-bond acceptors (Lipinski definition) is 3. The molecule has 1 amide bonds. The molecule has 0 bridgehead atoms. The number of hydrogen-bond donors (Lipinski definition) is 2. The van der Waals surface area contributed by atoms with Crippen LogP contribution in [0, 0.1) is 9.39 Å². The van der Waals surface area contributed by atoms with E-state index >= 15 is 0 Å². The summed E-state index contributed by atoms with van der Waals surface area (Å²) in [5.41, 5.74) is 1.17. The van der Waals surface area contributed by atoms with Crippen LogP contribution in [0.15, 0.2) is 78.5 Å². The van der Waals surface area contributed by atoms with Crippen molar-refractivity contribution in [3.05, 3.63) is 99.0 Å². The maximum absolute atomic E-state index is 12.9. The molecule has 3 aromatic carbocycles. The fourth-order valence-corrected chi connectivity index (χ4v) is 3.22. The number of carboxylic acids is 1. The second kappa shape index (κ2) is 10.7. The van der Waals surface area contributed by atoms with Crippen molar-refractivity contribution in [2.24, 2.45) is 0 Å². The number of amides is 1. The summed E-state index contributed by atoms with van der Waals surface area (Å²) in [6.07, 6.45) is 1.84. The molecule has 3 rings (SSSR count). The van der Waals surface area contributed by atoms with Crippen molar-refractivity contribution in [2.75, 3.05) is 0 Å². The number of rotatable bonds is 8. The van der Waals surface area contributed by atoms with Crippen LogP contribution in [-0.4, -0.2) is 17.0 Å². The average molecular weight is 531 g/mol. The molecule has 0 saturated carbocycles. The zero-order chi connectivity index (χ0) is 22.2. The number of para-hydroxylation sites is 1. The first-order valence-electron chi connectivity index (χ1n) is 9.42. The van der Waals surface area contributed by atoms with Gasteiger partial charge in [-0.1, -0.05) is 36.4 Å². The smallest absolute Gasteiger partial charge is 0.352 e. The fraction of sp³-hybridized carbons (Fsp3) is 0.0833. The van der Waals surface area contributed by atoms with Gasteiger partial charge in [0, 0.05) is 6.42 Å². The summed E-state index contributed by atoms with van der Waals surface area (Å²) in [5.74, 6) is -0.683. The number of aliphatic carboxylic acids is 1. The van der Waals surface area contributed by atoms with Gasteiger partial charge in [-0.2, -0.15) is 0 Å². The number of benzene rings is 3. The predicted octanol–water partition coefficient (Wildman–Crippen LogP) is 5.40. The molecule has 0 aliphatic carbocycles. The highest BCUT2D eigenvalue weighted by Crippen LogP contribution is 2.26. The molecule has 0 spiro atoms. The van der Waals surface area contributed by atoms with Crippen molar-refractivity contribution < 1.29 is 23.8 Å². The monoisotopic (exact) mass is 531 g/mol. The summed E-state index contributed by atoms with van der Waals surface area (Å²) in [6, 6.07) is 20.3. The minimum absolute atomic E-state index is 0.0821. The van der Waals surface area contributed by atoms with Crippen LogP contribution in [-0.2, 0) is 16.0 Å². The summed E-state index contributed by atoms with van der Waals surface area (Å²) in [5, 5.41) is 11.9. The van der Waals surface area contributed by atoms with E-state index in [1.54, 1.807) is 36.4 Å². The molecule has 0 heterocycles. The first-order valence-corrected chi connectivity index (χ1v) is 10.5. The van der Waals surface area contributed by atoms with Gasteiger partial charge in [0.15, 0.2) is 0 Å². The number of halogens is 2. The van der Waals surface area contributed by atoms with Crippen LogP contribution in [0.4, 0.5) is 4.39 Å². The van der Waals surface area contributed by atoms with E-state index in [4.69, 9.17) is 4.74 Å². The van der Waals surface area contributed by atoms with Crippen molar-refractivity contribution in [3.8, 4) is 11.5 Å². The molecule has 5 nitrogen and oxygen atoms in total. The maximum atomic E-state index is 12.9. The number of ether oxygens (including phenoxy) is 1. The number of aryl methyl sites for hydroxylation is 1. The molecule has 158 valence electrons. The lowest BCUT2D eigenvalue weighted by Crippen LogP contribution is -2.27.